The molecule has 24 heavy (non-hydrogen) atoms. The van der Waals surface area contributed by atoms with Crippen molar-refractivity contribution in [1.82, 2.24) is 15.1 Å². The average molecular weight is 333 g/mol. The van der Waals surface area contributed by atoms with Gasteiger partial charge in [0.15, 0.2) is 0 Å². The molecule has 2 rings (SSSR count). The number of hydrogen-bond acceptors (Lipinski definition) is 5. The lowest BCUT2D eigenvalue weighted by Crippen LogP contribution is -2.51. The first kappa shape index (κ1) is 17.9. The van der Waals surface area contributed by atoms with Crippen LogP contribution in [-0.2, 0) is 19.1 Å². The first-order valence-electron chi connectivity index (χ1n) is 8.02. The number of hydrogen-bond donors (Lipinski definition) is 1. The third kappa shape index (κ3) is 4.55. The maximum Gasteiger partial charge on any atom is 0.396 e. The molecule has 1 aliphatic rings. The van der Waals surface area contributed by atoms with Crippen LogP contribution in [0.4, 0.5) is 0 Å². The number of piperazine rings is 1. The van der Waals surface area contributed by atoms with Crippen molar-refractivity contribution in [2.45, 2.75) is 13.0 Å². The van der Waals surface area contributed by atoms with Crippen molar-refractivity contribution in [2.75, 3.05) is 39.8 Å². The number of nitrogens with one attached hydrogen (secondary N) is 1. The molecule has 130 valence electrons. The predicted octanol–water partition coefficient (Wildman–Crippen LogP) is 0.181. The van der Waals surface area contributed by atoms with Gasteiger partial charge in [-0.25, -0.2) is 4.79 Å². The molecule has 1 saturated heterocycles. The van der Waals surface area contributed by atoms with Crippen molar-refractivity contribution < 1.29 is 19.1 Å². The molecule has 1 aliphatic heterocycles. The van der Waals surface area contributed by atoms with E-state index in [1.54, 1.807) is 36.1 Å². The van der Waals surface area contributed by atoms with Crippen LogP contribution in [0.5, 0.6) is 0 Å². The summed E-state index contributed by atoms with van der Waals surface area (Å²) in [5.74, 6) is -2.11. The fourth-order valence-corrected chi connectivity index (χ4v) is 2.53. The minimum atomic E-state index is -0.982. The molecule has 0 bridgehead atoms. The highest BCUT2D eigenvalue weighted by Gasteiger charge is 2.31. The first-order chi connectivity index (χ1) is 11.5. The standard InChI is InChI=1S/C17H23N3O4/c1-3-24-17(23)15(21)18-14(13-7-5-4-6-8-13)16(22)20-11-9-19(2)10-12-20/h4-8,14H,3,9-12H2,1-2H3,(H,18,21)/t14-/m0/s1. The zero-order valence-electron chi connectivity index (χ0n) is 14.0. The minimum absolute atomic E-state index is 0.106. The Labute approximate surface area is 141 Å². The first-order valence-corrected chi connectivity index (χ1v) is 8.02. The molecule has 0 aromatic heterocycles. The third-order valence-corrected chi connectivity index (χ3v) is 3.93. The van der Waals surface area contributed by atoms with Crippen LogP contribution in [0.3, 0.4) is 0 Å². The highest BCUT2D eigenvalue weighted by Crippen LogP contribution is 2.17. The second kappa shape index (κ2) is 8.44. The summed E-state index contributed by atoms with van der Waals surface area (Å²) in [4.78, 5) is 40.3. The molecule has 2 amide bonds. The lowest BCUT2D eigenvalue weighted by atomic mass is 10.0. The Morgan fingerprint density at radius 3 is 2.33 bits per heavy atom. The summed E-state index contributed by atoms with van der Waals surface area (Å²) in [6.45, 7) is 4.46. The zero-order chi connectivity index (χ0) is 17.5. The Bertz CT molecular complexity index is 583. The van der Waals surface area contributed by atoms with Crippen LogP contribution < -0.4 is 5.32 Å². The summed E-state index contributed by atoms with van der Waals surface area (Å²) < 4.78 is 4.70. The van der Waals surface area contributed by atoms with Gasteiger partial charge in [-0.05, 0) is 19.5 Å². The summed E-state index contributed by atoms with van der Waals surface area (Å²) in [6.07, 6.45) is 0. The van der Waals surface area contributed by atoms with E-state index in [1.165, 1.54) is 0 Å². The SMILES string of the molecule is CCOC(=O)C(=O)N[C@H](C(=O)N1CCN(C)CC1)c1ccccc1. The van der Waals surface area contributed by atoms with Gasteiger partial charge in [0, 0.05) is 26.2 Å². The van der Waals surface area contributed by atoms with Crippen molar-refractivity contribution in [3.05, 3.63) is 35.9 Å². The van der Waals surface area contributed by atoms with E-state index in [2.05, 4.69) is 10.2 Å². The molecule has 0 saturated carbocycles. The molecule has 1 fully saturated rings. The Morgan fingerprint density at radius 1 is 1.12 bits per heavy atom. The van der Waals surface area contributed by atoms with Crippen molar-refractivity contribution >= 4 is 17.8 Å². The maximum absolute atomic E-state index is 12.9. The smallest absolute Gasteiger partial charge is 0.396 e. The molecule has 1 aromatic rings. The van der Waals surface area contributed by atoms with E-state index >= 15 is 0 Å². The molecular formula is C17H23N3O4. The van der Waals surface area contributed by atoms with Gasteiger partial charge in [-0.15, -0.1) is 0 Å². The van der Waals surface area contributed by atoms with Crippen molar-refractivity contribution in [1.29, 1.82) is 0 Å². The highest BCUT2D eigenvalue weighted by atomic mass is 16.5. The van der Waals surface area contributed by atoms with E-state index < -0.39 is 17.9 Å². The Balaban J connectivity index is 2.15. The molecular weight excluding hydrogens is 310 g/mol. The molecule has 1 aromatic carbocycles. The van der Waals surface area contributed by atoms with Crippen LogP contribution in [0.25, 0.3) is 0 Å². The van der Waals surface area contributed by atoms with Gasteiger partial charge in [0.2, 0.25) is 5.91 Å². The fourth-order valence-electron chi connectivity index (χ4n) is 2.53. The second-order valence-electron chi connectivity index (χ2n) is 5.67. The van der Waals surface area contributed by atoms with Crippen LogP contribution >= 0.6 is 0 Å². The van der Waals surface area contributed by atoms with Gasteiger partial charge in [0.25, 0.3) is 0 Å². The monoisotopic (exact) mass is 333 g/mol. The van der Waals surface area contributed by atoms with Crippen LogP contribution in [0.15, 0.2) is 30.3 Å². The van der Waals surface area contributed by atoms with E-state index in [0.29, 0.717) is 18.7 Å². The fraction of sp³-hybridized carbons (Fsp3) is 0.471. The largest absolute Gasteiger partial charge is 0.459 e. The topological polar surface area (TPSA) is 78.9 Å². The number of benzene rings is 1. The van der Waals surface area contributed by atoms with Gasteiger partial charge in [0.1, 0.15) is 6.04 Å². The van der Waals surface area contributed by atoms with Crippen LogP contribution in [0.1, 0.15) is 18.5 Å². The van der Waals surface area contributed by atoms with Crippen LogP contribution in [-0.4, -0.2) is 67.4 Å². The number of rotatable bonds is 4. The van der Waals surface area contributed by atoms with Crippen molar-refractivity contribution in [3.63, 3.8) is 0 Å². The quantitative estimate of drug-likeness (QED) is 0.628. The number of likely N-dealkylation sites (N-methyl/N-ethyl adjacent to an activating group) is 1. The normalized spacial score (nSPS) is 16.3. The molecule has 1 heterocycles. The number of esters is 1. The second-order valence-corrected chi connectivity index (χ2v) is 5.67. The van der Waals surface area contributed by atoms with Gasteiger partial charge < -0.3 is 19.9 Å². The number of carbonyl (C=O) groups is 3. The van der Waals surface area contributed by atoms with Gasteiger partial charge in [-0.2, -0.15) is 0 Å². The summed E-state index contributed by atoms with van der Waals surface area (Å²) in [6, 6.07) is 8.01. The van der Waals surface area contributed by atoms with E-state index in [0.717, 1.165) is 13.1 Å². The van der Waals surface area contributed by atoms with E-state index in [-0.39, 0.29) is 12.5 Å². The lowest BCUT2D eigenvalue weighted by Gasteiger charge is -2.34. The van der Waals surface area contributed by atoms with Crippen molar-refractivity contribution in [3.8, 4) is 0 Å². The van der Waals surface area contributed by atoms with Gasteiger partial charge in [-0.3, -0.25) is 9.59 Å². The van der Waals surface area contributed by atoms with Crippen LogP contribution in [0, 0.1) is 0 Å². The molecule has 1 N–H and O–H groups in total. The van der Waals surface area contributed by atoms with Crippen LogP contribution in [0.2, 0.25) is 0 Å². The summed E-state index contributed by atoms with van der Waals surface area (Å²) >= 11 is 0. The lowest BCUT2D eigenvalue weighted by molar-refractivity contribution is -0.155. The average Bonchev–Trinajstić information content (AvgIpc) is 2.60. The Hall–Kier alpha value is -2.41. The number of carbonyl (C=O) groups excluding carboxylic acids is 3. The summed E-state index contributed by atoms with van der Waals surface area (Å²) in [5, 5.41) is 2.51. The highest BCUT2D eigenvalue weighted by molar-refractivity contribution is 6.32. The van der Waals surface area contributed by atoms with Gasteiger partial charge in [0.05, 0.1) is 6.61 Å². The third-order valence-electron chi connectivity index (χ3n) is 3.93. The zero-order valence-corrected chi connectivity index (χ0v) is 14.0. The van der Waals surface area contributed by atoms with Gasteiger partial charge >= 0.3 is 11.9 Å². The van der Waals surface area contributed by atoms with Gasteiger partial charge in [-0.1, -0.05) is 30.3 Å². The van der Waals surface area contributed by atoms with Crippen molar-refractivity contribution in [2.24, 2.45) is 0 Å². The summed E-state index contributed by atoms with van der Waals surface area (Å²) in [7, 11) is 2.00. The number of nitrogens with zero attached hydrogens (tertiary/aromatic N) is 2. The molecule has 0 unspecified atom stereocenters. The molecule has 7 heteroatoms. The number of amides is 2. The van der Waals surface area contributed by atoms with E-state index in [9.17, 15) is 14.4 Å². The summed E-state index contributed by atoms with van der Waals surface area (Å²) in [5.41, 5.74) is 0.638. The molecule has 0 radical (unpaired) electrons. The molecule has 1 atom stereocenters. The van der Waals surface area contributed by atoms with E-state index in [4.69, 9.17) is 4.74 Å². The molecule has 0 aliphatic carbocycles. The van der Waals surface area contributed by atoms with E-state index in [1.807, 2.05) is 13.1 Å². The predicted molar refractivity (Wildman–Crippen MR) is 88.0 cm³/mol. The Morgan fingerprint density at radius 2 is 1.75 bits per heavy atom. The minimum Gasteiger partial charge on any atom is -0.459 e. The molecule has 7 nitrogen and oxygen atoms in total. The maximum atomic E-state index is 12.9. The Kier molecular flexibility index (Phi) is 6.31. The molecule has 0 spiro atoms. The number of ether oxygens (including phenoxy) is 1.